The number of amides is 6. The number of aromatic amines is 1. The standard InChI is InChI=1S/C60H64Cl2N10O14S/c1-34-29-39(30-35(2)54(34)62)85-22-6-8-40-41-10-11-43(61)53(55(41)68-56(40)58(77)70-87(80,81)50-15-13-47(86-50)46(73)32-64-31-38-16-18-63-19-17-38)51-36(3)69-71(37(51)4)33-49(75)66-21-24-83-26-28-84-27-25-82-23-20-65-44-9-5-7-42-52(44)60(79)72(59(42)78)45-12-14-48(74)67-57(45)76/h5,7,9-11,13,15-19,29-30,45,64-65,68H,6,8,12,14,20-28,31-33H2,1-4H3,(H,66,75)(H,70,77)(H,67,74,76). The van der Waals surface area contributed by atoms with Crippen LogP contribution in [-0.2, 0) is 58.1 Å². The van der Waals surface area contributed by atoms with Gasteiger partial charge in [0, 0.05) is 71.4 Å². The Bertz CT molecular complexity index is 3860. The van der Waals surface area contributed by atoms with Gasteiger partial charge in [0.05, 0.1) is 80.2 Å². The molecule has 7 aromatic rings. The maximum absolute atomic E-state index is 14.3. The van der Waals surface area contributed by atoms with Crippen LogP contribution in [0.15, 0.2) is 88.6 Å². The van der Waals surface area contributed by atoms with Crippen LogP contribution in [0.5, 0.6) is 5.75 Å². The van der Waals surface area contributed by atoms with Crippen LogP contribution in [0.2, 0.25) is 10.0 Å². The first-order chi connectivity index (χ1) is 41.8. The lowest BCUT2D eigenvalue weighted by atomic mass is 9.98. The van der Waals surface area contributed by atoms with Crippen LogP contribution in [0.25, 0.3) is 22.0 Å². The van der Waals surface area contributed by atoms with Gasteiger partial charge in [-0.15, -0.1) is 0 Å². The Morgan fingerprint density at radius 2 is 1.53 bits per heavy atom. The summed E-state index contributed by atoms with van der Waals surface area (Å²) in [6.07, 6.45) is 3.98. The fourth-order valence-corrected chi connectivity index (χ4v) is 11.5. The lowest BCUT2D eigenvalue weighted by Crippen LogP contribution is -2.54. The molecule has 1 atom stereocenters. The number of fused-ring (bicyclic) bond motifs is 2. The molecule has 6 heterocycles. The maximum atomic E-state index is 14.3. The lowest BCUT2D eigenvalue weighted by molar-refractivity contribution is -0.136. The summed E-state index contributed by atoms with van der Waals surface area (Å²) in [5, 5.41) is 16.7. The summed E-state index contributed by atoms with van der Waals surface area (Å²) in [5.74, 6) is -3.77. The molecule has 24 nitrogen and oxygen atoms in total. The van der Waals surface area contributed by atoms with E-state index in [1.807, 2.05) is 26.0 Å². The molecule has 1 unspecified atom stereocenters. The van der Waals surface area contributed by atoms with Gasteiger partial charge in [0.1, 0.15) is 24.0 Å². The molecule has 458 valence electrons. The number of aryl methyl sites for hydroxylation is 4. The van der Waals surface area contributed by atoms with Gasteiger partial charge in [0.2, 0.25) is 28.6 Å². The number of furan rings is 1. The first-order valence-electron chi connectivity index (χ1n) is 28.0. The van der Waals surface area contributed by atoms with Crippen molar-refractivity contribution in [2.75, 3.05) is 71.2 Å². The van der Waals surface area contributed by atoms with E-state index < -0.39 is 56.5 Å². The average molecular weight is 1250 g/mol. The van der Waals surface area contributed by atoms with Crippen molar-refractivity contribution in [3.63, 3.8) is 0 Å². The molecule has 0 spiro atoms. The molecule has 87 heavy (non-hydrogen) atoms. The van der Waals surface area contributed by atoms with Crippen molar-refractivity contribution in [2.45, 2.75) is 77.6 Å². The number of benzene rings is 3. The molecule has 3 aromatic carbocycles. The second-order valence-electron chi connectivity index (χ2n) is 20.6. The highest BCUT2D eigenvalue weighted by Gasteiger charge is 2.45. The van der Waals surface area contributed by atoms with Crippen LogP contribution in [-0.4, -0.2) is 146 Å². The molecule has 6 amide bonds. The van der Waals surface area contributed by atoms with Crippen LogP contribution in [0.3, 0.4) is 0 Å². The smallest absolute Gasteiger partial charge is 0.297 e. The largest absolute Gasteiger partial charge is 0.494 e. The number of hydrogen-bond donors (Lipinski definition) is 6. The average Bonchev–Trinajstić information content (AvgIpc) is 1.73. The van der Waals surface area contributed by atoms with Gasteiger partial charge in [0.15, 0.2) is 5.76 Å². The van der Waals surface area contributed by atoms with Gasteiger partial charge < -0.3 is 44.3 Å². The van der Waals surface area contributed by atoms with Gasteiger partial charge >= 0.3 is 0 Å². The van der Waals surface area contributed by atoms with Gasteiger partial charge in [-0.05, 0) is 124 Å². The summed E-state index contributed by atoms with van der Waals surface area (Å²) >= 11 is 13.4. The minimum absolute atomic E-state index is 0.0270. The number of carbonyl (C=O) groups excluding carboxylic acids is 7. The number of Topliss-reactive ketones (excluding diaryl/α,β-unsaturated/α-hetero) is 1. The number of ether oxygens (including phenoxy) is 4. The summed E-state index contributed by atoms with van der Waals surface area (Å²) < 4.78 is 59.7. The van der Waals surface area contributed by atoms with E-state index in [1.165, 1.54) is 12.1 Å². The monoisotopic (exact) mass is 1250 g/mol. The van der Waals surface area contributed by atoms with Gasteiger partial charge in [0.25, 0.3) is 27.7 Å². The third kappa shape index (κ3) is 14.9. The van der Waals surface area contributed by atoms with Crippen molar-refractivity contribution >= 4 is 91.0 Å². The van der Waals surface area contributed by atoms with Crippen LogP contribution in [0, 0.1) is 27.7 Å². The number of ketones is 1. The molecule has 2 aliphatic rings. The second kappa shape index (κ2) is 28.5. The van der Waals surface area contributed by atoms with Crippen molar-refractivity contribution < 1.29 is 65.3 Å². The first-order valence-corrected chi connectivity index (χ1v) is 30.2. The number of carbonyl (C=O) groups is 7. The molecular weight excluding hydrogens is 1190 g/mol. The molecule has 1 fully saturated rings. The Kier molecular flexibility index (Phi) is 20.7. The van der Waals surface area contributed by atoms with Gasteiger partial charge in [-0.25, -0.2) is 4.72 Å². The third-order valence-corrected chi connectivity index (χ3v) is 16.6. The van der Waals surface area contributed by atoms with E-state index in [1.54, 1.807) is 67.3 Å². The van der Waals surface area contributed by atoms with Gasteiger partial charge in [-0.2, -0.15) is 13.5 Å². The number of hydrogen-bond acceptors (Lipinski definition) is 18. The fraction of sp³-hybridized carbons (Fsp3) is 0.350. The van der Waals surface area contributed by atoms with E-state index in [4.69, 9.17) is 46.6 Å². The van der Waals surface area contributed by atoms with Crippen LogP contribution >= 0.6 is 23.2 Å². The topological polar surface area (TPSA) is 314 Å². The predicted molar refractivity (Wildman–Crippen MR) is 319 cm³/mol. The first kappa shape index (κ1) is 63.2. The zero-order valence-corrected chi connectivity index (χ0v) is 50.4. The highest BCUT2D eigenvalue weighted by Crippen LogP contribution is 2.41. The van der Waals surface area contributed by atoms with E-state index >= 15 is 0 Å². The number of pyridine rings is 1. The summed E-state index contributed by atoms with van der Waals surface area (Å²) in [6.45, 7) is 9.65. The van der Waals surface area contributed by atoms with Gasteiger partial charge in [-0.1, -0.05) is 35.3 Å². The minimum Gasteiger partial charge on any atom is -0.494 e. The molecule has 1 saturated heterocycles. The SMILES string of the molecule is Cc1cc(OCCCc2c(C(=O)NS(=O)(=O)c3ccc(C(=O)CNCc4ccncc4)o3)[nH]c3c(-c4c(C)nn(CC(=O)NCCOCCOCCOCCNc5cccc6c5C(=O)N(C5CCC(=O)NC5=O)C6=O)c4C)c(Cl)ccc23)cc(C)c1Cl. The lowest BCUT2D eigenvalue weighted by Gasteiger charge is -2.27. The number of aromatic nitrogens is 4. The van der Waals surface area contributed by atoms with Crippen molar-refractivity contribution in [3.05, 3.63) is 145 Å². The van der Waals surface area contributed by atoms with E-state index in [9.17, 15) is 42.0 Å². The number of piperidine rings is 1. The Balaban J connectivity index is 0.762. The number of nitrogens with zero attached hydrogens (tertiary/aromatic N) is 4. The zero-order chi connectivity index (χ0) is 61.9. The Morgan fingerprint density at radius 1 is 0.816 bits per heavy atom. The predicted octanol–water partition coefficient (Wildman–Crippen LogP) is 6.34. The highest BCUT2D eigenvalue weighted by molar-refractivity contribution is 7.90. The summed E-state index contributed by atoms with van der Waals surface area (Å²) in [7, 11) is -4.66. The molecular formula is C60H64Cl2N10O14S. The number of sulfonamides is 1. The molecule has 0 bridgehead atoms. The summed E-state index contributed by atoms with van der Waals surface area (Å²) in [5.41, 5.74) is 6.35. The number of H-pyrrole nitrogens is 1. The zero-order valence-electron chi connectivity index (χ0n) is 48.1. The van der Waals surface area contributed by atoms with Crippen molar-refractivity contribution in [2.24, 2.45) is 0 Å². The molecule has 4 aromatic heterocycles. The molecule has 2 aliphatic heterocycles. The number of halogens is 2. The molecule has 6 N–H and O–H groups in total. The van der Waals surface area contributed by atoms with Crippen LogP contribution in [0.1, 0.15) is 94.7 Å². The summed E-state index contributed by atoms with van der Waals surface area (Å²) in [6, 6.07) is 16.8. The minimum atomic E-state index is -4.66. The van der Waals surface area contributed by atoms with Crippen molar-refractivity contribution in [3.8, 4) is 16.9 Å². The maximum Gasteiger partial charge on any atom is 0.297 e. The van der Waals surface area contributed by atoms with E-state index in [0.29, 0.717) is 80.0 Å². The summed E-state index contributed by atoms with van der Waals surface area (Å²) in [4.78, 5) is 99.2. The molecule has 0 radical (unpaired) electrons. The van der Waals surface area contributed by atoms with E-state index in [2.05, 4.69) is 41.1 Å². The Labute approximate surface area is 510 Å². The van der Waals surface area contributed by atoms with Crippen LogP contribution < -0.4 is 30.7 Å². The molecule has 27 heteroatoms. The molecule has 9 rings (SSSR count). The second-order valence-corrected chi connectivity index (χ2v) is 23.0. The quantitative estimate of drug-likeness (QED) is 0.0162. The fourth-order valence-electron chi connectivity index (χ4n) is 10.3. The number of rotatable bonds is 30. The number of anilines is 1. The van der Waals surface area contributed by atoms with Crippen molar-refractivity contribution in [1.29, 1.82) is 0 Å². The molecule has 0 aliphatic carbocycles. The highest BCUT2D eigenvalue weighted by atomic mass is 35.5. The van der Waals surface area contributed by atoms with Crippen LogP contribution in [0.4, 0.5) is 5.69 Å². The van der Waals surface area contributed by atoms with Crippen molar-refractivity contribution in [1.82, 2.24) is 45.3 Å². The Morgan fingerprint density at radius 3 is 2.25 bits per heavy atom. The number of nitrogens with one attached hydrogen (secondary N) is 6. The third-order valence-electron chi connectivity index (χ3n) is 14.5. The number of imide groups is 2. The van der Waals surface area contributed by atoms with E-state index in [-0.39, 0.29) is 114 Å². The Hall–Kier alpha value is -8.30. The van der Waals surface area contributed by atoms with E-state index in [0.717, 1.165) is 27.7 Å². The van der Waals surface area contributed by atoms with Gasteiger partial charge in [-0.3, -0.25) is 53.4 Å². The normalized spacial score (nSPS) is 14.2. The molecule has 0 saturated carbocycles.